The molecule has 0 saturated heterocycles. The van der Waals surface area contributed by atoms with Crippen molar-refractivity contribution in [3.05, 3.63) is 161 Å². The molecule has 0 radical (unpaired) electrons. The predicted octanol–water partition coefficient (Wildman–Crippen LogP) is 11.6. The molecule has 0 aliphatic heterocycles. The molecule has 0 N–H and O–H groups in total. The molecule has 5 aromatic carbocycles. The van der Waals surface area contributed by atoms with E-state index in [4.69, 9.17) is 0 Å². The minimum atomic E-state index is 0.0505. The summed E-state index contributed by atoms with van der Waals surface area (Å²) in [6.07, 6.45) is 13.0. The van der Waals surface area contributed by atoms with E-state index in [9.17, 15) is 0 Å². The fraction of sp³-hybridized carbons (Fsp3) is 0.156. The van der Waals surface area contributed by atoms with Crippen LogP contribution in [0.25, 0.3) is 61.2 Å². The van der Waals surface area contributed by atoms with Gasteiger partial charge in [0.15, 0.2) is 0 Å². The Morgan fingerprint density at radius 3 is 2.28 bits per heavy atom. The van der Waals surface area contributed by atoms with Crippen LogP contribution in [0.1, 0.15) is 55.1 Å². The molecule has 2 nitrogen and oxygen atoms in total. The quantitative estimate of drug-likeness (QED) is 0.190. The van der Waals surface area contributed by atoms with Crippen molar-refractivity contribution in [2.45, 2.75) is 44.6 Å². The van der Waals surface area contributed by atoms with Crippen molar-refractivity contribution >= 4 is 44.4 Å². The largest absolute Gasteiger partial charge is 0.333 e. The van der Waals surface area contributed by atoms with Gasteiger partial charge in [-0.15, -0.1) is 0 Å². The first-order valence-corrected chi connectivity index (χ1v) is 17.0. The highest BCUT2D eigenvalue weighted by Gasteiger charge is 2.40. The molecule has 7 aromatic rings. The van der Waals surface area contributed by atoms with Crippen molar-refractivity contribution < 1.29 is 0 Å². The third-order valence-corrected chi connectivity index (χ3v) is 11.1. The number of allylic oxidation sites excluding steroid dienone is 5. The highest BCUT2D eigenvalue weighted by Crippen LogP contribution is 2.53. The molecule has 1 atom stereocenters. The number of hydrogen-bond donors (Lipinski definition) is 0. The molecule has 47 heavy (non-hydrogen) atoms. The standard InChI is InChI=1S/C45H36N2/c1-45(2)39-17-9-6-14-33(39)36-28-32(22-23-40(36)45)47-42-19-11-8-16-35(42)38-27-30(21-25-44(38)47)29-20-24-43-37(26-29)34-15-7-10-18-41(34)46(43)31-12-4-3-5-13-31/h3-7,9-15,17-21,23-28,32H,8,16,22H2,1-2H3. The average Bonchev–Trinajstić information content (AvgIpc) is 3.71. The Balaban J connectivity index is 1.12. The van der Waals surface area contributed by atoms with E-state index in [1.165, 1.54) is 83.1 Å². The van der Waals surface area contributed by atoms with Crippen LogP contribution in [0.15, 0.2) is 139 Å². The van der Waals surface area contributed by atoms with Crippen LogP contribution in [0.4, 0.5) is 0 Å². The van der Waals surface area contributed by atoms with Gasteiger partial charge in [0, 0.05) is 38.5 Å². The van der Waals surface area contributed by atoms with Crippen LogP contribution in [0.2, 0.25) is 0 Å². The van der Waals surface area contributed by atoms with Gasteiger partial charge in [-0.1, -0.05) is 105 Å². The summed E-state index contributed by atoms with van der Waals surface area (Å²) < 4.78 is 5.03. The average molecular weight is 605 g/mol. The van der Waals surface area contributed by atoms with E-state index >= 15 is 0 Å². The molecule has 2 aromatic heterocycles. The second-order valence-electron chi connectivity index (χ2n) is 14.0. The van der Waals surface area contributed by atoms with E-state index in [0.29, 0.717) is 0 Å². The molecule has 10 rings (SSSR count). The minimum absolute atomic E-state index is 0.0505. The Morgan fingerprint density at radius 1 is 0.681 bits per heavy atom. The topological polar surface area (TPSA) is 9.86 Å². The van der Waals surface area contributed by atoms with Crippen molar-refractivity contribution in [1.29, 1.82) is 0 Å². The minimum Gasteiger partial charge on any atom is -0.333 e. The number of aromatic nitrogens is 2. The van der Waals surface area contributed by atoms with Gasteiger partial charge in [0.2, 0.25) is 0 Å². The van der Waals surface area contributed by atoms with Gasteiger partial charge >= 0.3 is 0 Å². The van der Waals surface area contributed by atoms with Gasteiger partial charge in [-0.25, -0.2) is 0 Å². The van der Waals surface area contributed by atoms with Gasteiger partial charge in [0.25, 0.3) is 0 Å². The molecule has 2 heterocycles. The molecule has 0 amide bonds. The Hall–Kier alpha value is -5.34. The lowest BCUT2D eigenvalue weighted by molar-refractivity contribution is 0.601. The van der Waals surface area contributed by atoms with Crippen molar-refractivity contribution in [3.8, 4) is 16.8 Å². The molecule has 0 bridgehead atoms. The fourth-order valence-corrected chi connectivity index (χ4v) is 8.93. The summed E-state index contributed by atoms with van der Waals surface area (Å²) >= 11 is 0. The van der Waals surface area contributed by atoms with Gasteiger partial charge in [-0.2, -0.15) is 0 Å². The summed E-state index contributed by atoms with van der Waals surface area (Å²) in [5.74, 6) is 0. The van der Waals surface area contributed by atoms with E-state index < -0.39 is 0 Å². The molecular weight excluding hydrogens is 569 g/mol. The highest BCUT2D eigenvalue weighted by atomic mass is 15.0. The first kappa shape index (κ1) is 26.8. The third-order valence-electron chi connectivity index (χ3n) is 11.1. The monoisotopic (exact) mass is 604 g/mol. The van der Waals surface area contributed by atoms with E-state index in [0.717, 1.165) is 19.3 Å². The van der Waals surface area contributed by atoms with Gasteiger partial charge in [0.05, 0.1) is 17.1 Å². The zero-order chi connectivity index (χ0) is 31.3. The molecular formula is C45H36N2. The number of rotatable bonds is 3. The molecule has 2 heteroatoms. The molecule has 226 valence electrons. The number of fused-ring (bicyclic) bond motifs is 9. The zero-order valence-electron chi connectivity index (χ0n) is 26.9. The molecule has 1 unspecified atom stereocenters. The van der Waals surface area contributed by atoms with E-state index in [-0.39, 0.29) is 11.5 Å². The van der Waals surface area contributed by atoms with Crippen LogP contribution in [0.5, 0.6) is 0 Å². The summed E-state index contributed by atoms with van der Waals surface area (Å²) in [5, 5.41) is 3.98. The Bertz CT molecular complexity index is 2510. The fourth-order valence-electron chi connectivity index (χ4n) is 8.93. The smallest absolute Gasteiger partial charge is 0.0566 e. The summed E-state index contributed by atoms with van der Waals surface area (Å²) in [4.78, 5) is 0. The second-order valence-corrected chi connectivity index (χ2v) is 14.0. The second kappa shape index (κ2) is 9.83. The number of para-hydroxylation sites is 2. The SMILES string of the molecule is CC1(C)C2=CCC(n3c4c(c5cc(-c6ccc7c(c6)c6ccccc6n7-c6ccccc6)ccc53)CCC=C4)C=C2c2ccccc21. The van der Waals surface area contributed by atoms with Crippen LogP contribution in [0.3, 0.4) is 0 Å². The molecule has 3 aliphatic rings. The lowest BCUT2D eigenvalue weighted by Gasteiger charge is -2.28. The summed E-state index contributed by atoms with van der Waals surface area (Å²) in [6.45, 7) is 4.76. The van der Waals surface area contributed by atoms with Crippen molar-refractivity contribution in [2.24, 2.45) is 0 Å². The third kappa shape index (κ3) is 3.79. The molecule has 0 fully saturated rings. The van der Waals surface area contributed by atoms with Crippen molar-refractivity contribution in [1.82, 2.24) is 9.13 Å². The highest BCUT2D eigenvalue weighted by molar-refractivity contribution is 6.10. The molecule has 3 aliphatic carbocycles. The maximum Gasteiger partial charge on any atom is 0.0566 e. The van der Waals surface area contributed by atoms with Crippen LogP contribution in [0, 0.1) is 0 Å². The normalized spacial score (nSPS) is 17.9. The Morgan fingerprint density at radius 2 is 1.40 bits per heavy atom. The van der Waals surface area contributed by atoms with E-state index in [2.05, 4.69) is 163 Å². The zero-order valence-corrected chi connectivity index (χ0v) is 26.9. The lowest BCUT2D eigenvalue weighted by Crippen LogP contribution is -2.18. The maximum absolute atomic E-state index is 2.63. The maximum atomic E-state index is 2.63. The molecule has 0 saturated carbocycles. The number of nitrogens with zero attached hydrogens (tertiary/aromatic N) is 2. The Kier molecular flexibility index (Phi) is 5.61. The summed E-state index contributed by atoms with van der Waals surface area (Å²) in [6, 6.07) is 43.0. The summed E-state index contributed by atoms with van der Waals surface area (Å²) in [7, 11) is 0. The molecule has 0 spiro atoms. The first-order valence-electron chi connectivity index (χ1n) is 17.0. The van der Waals surface area contributed by atoms with Crippen LogP contribution in [-0.4, -0.2) is 9.13 Å². The van der Waals surface area contributed by atoms with E-state index in [1.807, 2.05) is 0 Å². The summed E-state index contributed by atoms with van der Waals surface area (Å²) in [5.41, 5.74) is 16.3. The van der Waals surface area contributed by atoms with Crippen molar-refractivity contribution in [2.75, 3.05) is 0 Å². The van der Waals surface area contributed by atoms with Crippen LogP contribution < -0.4 is 0 Å². The van der Waals surface area contributed by atoms with E-state index in [1.54, 1.807) is 0 Å². The first-order chi connectivity index (χ1) is 23.1. The van der Waals surface area contributed by atoms with Crippen LogP contribution in [-0.2, 0) is 11.8 Å². The Labute approximate surface area is 275 Å². The van der Waals surface area contributed by atoms with Crippen molar-refractivity contribution in [3.63, 3.8) is 0 Å². The number of aryl methyl sites for hydroxylation is 1. The van der Waals surface area contributed by atoms with Gasteiger partial charge < -0.3 is 9.13 Å². The number of hydrogen-bond acceptors (Lipinski definition) is 0. The van der Waals surface area contributed by atoms with Crippen LogP contribution >= 0.6 is 0 Å². The predicted molar refractivity (Wildman–Crippen MR) is 198 cm³/mol. The van der Waals surface area contributed by atoms with Gasteiger partial charge in [-0.3, -0.25) is 0 Å². The lowest BCUT2D eigenvalue weighted by atomic mass is 9.80. The van der Waals surface area contributed by atoms with Gasteiger partial charge in [0.1, 0.15) is 0 Å². The van der Waals surface area contributed by atoms with Gasteiger partial charge in [-0.05, 0) is 107 Å². The number of benzene rings is 5.